The molecule has 0 aliphatic rings. The van der Waals surface area contributed by atoms with Gasteiger partial charge in [0.05, 0.1) is 0 Å². The maximum Gasteiger partial charge on any atom is 0.120 e. The van der Waals surface area contributed by atoms with E-state index < -0.39 is 0 Å². The highest BCUT2D eigenvalue weighted by molar-refractivity contribution is 5.48. The van der Waals surface area contributed by atoms with Gasteiger partial charge in [0.25, 0.3) is 0 Å². The van der Waals surface area contributed by atoms with Crippen molar-refractivity contribution in [3.63, 3.8) is 0 Å². The summed E-state index contributed by atoms with van der Waals surface area (Å²) in [5.41, 5.74) is 1.27. The Kier molecular flexibility index (Phi) is 2.89. The maximum atomic E-state index is 9.27. The molecule has 0 fully saturated rings. The van der Waals surface area contributed by atoms with Crippen molar-refractivity contribution >= 4 is 0 Å². The molecule has 2 aromatic rings. The molecule has 0 amide bonds. The average Bonchev–Trinajstić information content (AvgIpc) is 2.27. The minimum absolute atomic E-state index is 0.0278. The van der Waals surface area contributed by atoms with Crippen LogP contribution in [0.25, 0.3) is 0 Å². The van der Waals surface area contributed by atoms with Crippen LogP contribution < -0.4 is 0 Å². The van der Waals surface area contributed by atoms with E-state index in [0.29, 0.717) is 5.56 Å². The zero-order valence-electron chi connectivity index (χ0n) is 8.88. The van der Waals surface area contributed by atoms with Gasteiger partial charge in [-0.05, 0) is 36.4 Å². The molecule has 3 nitrogen and oxygen atoms in total. The van der Waals surface area contributed by atoms with Crippen LogP contribution in [0.2, 0.25) is 0 Å². The first kappa shape index (κ1) is 10.9. The summed E-state index contributed by atoms with van der Waals surface area (Å²) in [5.74, 6) is 5.80. The van der Waals surface area contributed by atoms with E-state index in [0.717, 1.165) is 5.56 Å². The Hall–Kier alpha value is -2.60. The molecule has 0 saturated carbocycles. The van der Waals surface area contributed by atoms with Crippen LogP contribution in [0.3, 0.4) is 0 Å². The number of hydrogen-bond acceptors (Lipinski definition) is 3. The van der Waals surface area contributed by atoms with E-state index in [1.54, 1.807) is 24.3 Å². The Morgan fingerprint density at radius 3 is 1.71 bits per heavy atom. The molecular weight excluding hydrogens is 216 g/mol. The fraction of sp³-hybridized carbons (Fsp3) is 0. The van der Waals surface area contributed by atoms with E-state index in [2.05, 4.69) is 11.8 Å². The highest BCUT2D eigenvalue weighted by atomic mass is 16.3. The van der Waals surface area contributed by atoms with Crippen molar-refractivity contribution in [1.29, 1.82) is 0 Å². The number of phenolic OH excluding ortho intramolecular Hbond substituents is 3. The SMILES string of the molecule is Oc1ccc(C#Cc2cc(O)cc(O)c2)cc1. The molecule has 2 rings (SSSR count). The Morgan fingerprint density at radius 1 is 0.588 bits per heavy atom. The first-order valence-corrected chi connectivity index (χ1v) is 4.97. The van der Waals surface area contributed by atoms with Crippen LogP contribution in [0.5, 0.6) is 17.2 Å². The minimum Gasteiger partial charge on any atom is -0.508 e. The van der Waals surface area contributed by atoms with Crippen LogP contribution in [-0.4, -0.2) is 15.3 Å². The standard InChI is InChI=1S/C14H10O3/c15-12-5-3-10(4-6-12)1-2-11-7-13(16)9-14(17)8-11/h3-9,15-17H. The fourth-order valence-electron chi connectivity index (χ4n) is 1.36. The lowest BCUT2D eigenvalue weighted by molar-refractivity contribution is 0.450. The van der Waals surface area contributed by atoms with E-state index in [1.807, 2.05) is 0 Å². The second-order valence-electron chi connectivity index (χ2n) is 3.53. The normalized spacial score (nSPS) is 9.41. The summed E-state index contributed by atoms with van der Waals surface area (Å²) in [6.07, 6.45) is 0. The fourth-order valence-corrected chi connectivity index (χ4v) is 1.36. The molecule has 0 radical (unpaired) electrons. The summed E-state index contributed by atoms with van der Waals surface area (Å²) >= 11 is 0. The summed E-state index contributed by atoms with van der Waals surface area (Å²) < 4.78 is 0. The second kappa shape index (κ2) is 4.50. The molecule has 3 heteroatoms. The third kappa shape index (κ3) is 2.93. The van der Waals surface area contributed by atoms with Gasteiger partial charge in [-0.15, -0.1) is 0 Å². The number of hydrogen-bond donors (Lipinski definition) is 3. The lowest BCUT2D eigenvalue weighted by atomic mass is 10.1. The number of aromatic hydroxyl groups is 3. The Labute approximate surface area is 98.6 Å². The topological polar surface area (TPSA) is 60.7 Å². The van der Waals surface area contributed by atoms with Gasteiger partial charge < -0.3 is 15.3 Å². The van der Waals surface area contributed by atoms with Crippen LogP contribution in [0, 0.1) is 11.8 Å². The molecule has 0 aromatic heterocycles. The zero-order chi connectivity index (χ0) is 12.3. The molecule has 2 aromatic carbocycles. The van der Waals surface area contributed by atoms with Crippen molar-refractivity contribution in [3.8, 4) is 29.1 Å². The van der Waals surface area contributed by atoms with E-state index in [4.69, 9.17) is 5.11 Å². The molecule has 0 heterocycles. The van der Waals surface area contributed by atoms with Gasteiger partial charge in [-0.3, -0.25) is 0 Å². The van der Waals surface area contributed by atoms with Gasteiger partial charge in [0.1, 0.15) is 17.2 Å². The van der Waals surface area contributed by atoms with Crippen LogP contribution in [0.4, 0.5) is 0 Å². The smallest absolute Gasteiger partial charge is 0.120 e. The van der Waals surface area contributed by atoms with E-state index >= 15 is 0 Å². The summed E-state index contributed by atoms with van der Waals surface area (Å²) in [7, 11) is 0. The number of phenols is 3. The third-order valence-electron chi connectivity index (χ3n) is 2.12. The number of rotatable bonds is 0. The quantitative estimate of drug-likeness (QED) is 0.603. The van der Waals surface area contributed by atoms with Crippen molar-refractivity contribution < 1.29 is 15.3 Å². The van der Waals surface area contributed by atoms with Crippen LogP contribution in [0.15, 0.2) is 42.5 Å². The maximum absolute atomic E-state index is 9.27. The summed E-state index contributed by atoms with van der Waals surface area (Å²) in [6.45, 7) is 0. The van der Waals surface area contributed by atoms with Crippen molar-refractivity contribution in [3.05, 3.63) is 53.6 Å². The predicted molar refractivity (Wildman–Crippen MR) is 63.9 cm³/mol. The van der Waals surface area contributed by atoms with Gasteiger partial charge in [-0.2, -0.15) is 0 Å². The lowest BCUT2D eigenvalue weighted by Gasteiger charge is -1.96. The lowest BCUT2D eigenvalue weighted by Crippen LogP contribution is -1.76. The van der Waals surface area contributed by atoms with Gasteiger partial charge in [-0.25, -0.2) is 0 Å². The highest BCUT2D eigenvalue weighted by Gasteiger charge is 1.95. The molecular formula is C14H10O3. The Balaban J connectivity index is 2.29. The van der Waals surface area contributed by atoms with Gasteiger partial charge in [0.15, 0.2) is 0 Å². The molecule has 17 heavy (non-hydrogen) atoms. The van der Waals surface area contributed by atoms with Crippen molar-refractivity contribution in [2.45, 2.75) is 0 Å². The minimum atomic E-state index is -0.0278. The highest BCUT2D eigenvalue weighted by Crippen LogP contribution is 2.19. The monoisotopic (exact) mass is 226 g/mol. The second-order valence-corrected chi connectivity index (χ2v) is 3.53. The van der Waals surface area contributed by atoms with Crippen LogP contribution in [-0.2, 0) is 0 Å². The van der Waals surface area contributed by atoms with Crippen molar-refractivity contribution in [1.82, 2.24) is 0 Å². The van der Waals surface area contributed by atoms with E-state index in [9.17, 15) is 10.2 Å². The molecule has 84 valence electrons. The molecule has 3 N–H and O–H groups in total. The van der Waals surface area contributed by atoms with Gasteiger partial charge >= 0.3 is 0 Å². The van der Waals surface area contributed by atoms with E-state index in [-0.39, 0.29) is 17.2 Å². The molecule has 0 aliphatic heterocycles. The predicted octanol–water partition coefficient (Wildman–Crippen LogP) is 2.20. The average molecular weight is 226 g/mol. The summed E-state index contributed by atoms with van der Waals surface area (Å²) in [6, 6.07) is 10.6. The van der Waals surface area contributed by atoms with Gasteiger partial charge in [0, 0.05) is 17.2 Å². The number of benzene rings is 2. The molecule has 0 saturated heterocycles. The van der Waals surface area contributed by atoms with Crippen LogP contribution in [0.1, 0.15) is 11.1 Å². The Morgan fingerprint density at radius 2 is 1.12 bits per heavy atom. The first-order chi connectivity index (χ1) is 8.13. The zero-order valence-corrected chi connectivity index (χ0v) is 8.88. The van der Waals surface area contributed by atoms with Crippen LogP contribution >= 0.6 is 0 Å². The third-order valence-corrected chi connectivity index (χ3v) is 2.12. The summed E-state index contributed by atoms with van der Waals surface area (Å²) in [4.78, 5) is 0. The van der Waals surface area contributed by atoms with Gasteiger partial charge in [-0.1, -0.05) is 11.8 Å². The first-order valence-electron chi connectivity index (χ1n) is 4.97. The van der Waals surface area contributed by atoms with Crippen molar-refractivity contribution in [2.75, 3.05) is 0 Å². The summed E-state index contributed by atoms with van der Waals surface area (Å²) in [5, 5.41) is 27.6. The molecule has 0 unspecified atom stereocenters. The molecule has 0 bridgehead atoms. The molecule has 0 spiro atoms. The van der Waals surface area contributed by atoms with Gasteiger partial charge in [0.2, 0.25) is 0 Å². The van der Waals surface area contributed by atoms with Crippen molar-refractivity contribution in [2.24, 2.45) is 0 Å². The molecule has 0 aliphatic carbocycles. The molecule has 0 atom stereocenters. The van der Waals surface area contributed by atoms with E-state index in [1.165, 1.54) is 18.2 Å². The Bertz CT molecular complexity index is 569. The largest absolute Gasteiger partial charge is 0.508 e.